The van der Waals surface area contributed by atoms with Crippen LogP contribution in [-0.4, -0.2) is 33.5 Å². The number of para-hydroxylation sites is 1. The van der Waals surface area contributed by atoms with Gasteiger partial charge in [-0.15, -0.1) is 0 Å². The fourth-order valence-corrected chi connectivity index (χ4v) is 4.80. The van der Waals surface area contributed by atoms with Crippen LogP contribution in [0.5, 0.6) is 11.5 Å². The molecule has 0 atom stereocenters. The van der Waals surface area contributed by atoms with E-state index in [4.69, 9.17) is 9.47 Å². The van der Waals surface area contributed by atoms with E-state index in [1.165, 1.54) is 19.2 Å². The molecule has 0 aliphatic carbocycles. The minimum absolute atomic E-state index is 0.0679. The molecule has 3 aromatic rings. The molecule has 158 valence electrons. The molecule has 1 aromatic heterocycles. The van der Waals surface area contributed by atoms with E-state index in [9.17, 15) is 13.2 Å². The molecule has 2 aromatic carbocycles. The van der Waals surface area contributed by atoms with Crippen LogP contribution in [-0.2, 0) is 16.6 Å². The summed E-state index contributed by atoms with van der Waals surface area (Å²) in [5.74, 6) is 0.880. The number of thiazole rings is 1. The number of hydrogen-bond acceptors (Lipinski definition) is 7. The van der Waals surface area contributed by atoms with Gasteiger partial charge in [0.25, 0.3) is 15.9 Å². The van der Waals surface area contributed by atoms with E-state index >= 15 is 0 Å². The molecule has 10 heteroatoms. The topological polar surface area (TPSA) is 107 Å². The van der Waals surface area contributed by atoms with Crippen molar-refractivity contribution in [3.63, 3.8) is 0 Å². The van der Waals surface area contributed by atoms with E-state index in [-0.39, 0.29) is 22.5 Å². The molecule has 30 heavy (non-hydrogen) atoms. The lowest BCUT2D eigenvalue weighted by atomic mass is 10.2. The zero-order chi connectivity index (χ0) is 21.7. The van der Waals surface area contributed by atoms with Gasteiger partial charge >= 0.3 is 0 Å². The third kappa shape index (κ3) is 4.89. The van der Waals surface area contributed by atoms with Gasteiger partial charge in [0.2, 0.25) is 0 Å². The Bertz CT molecular complexity index is 1140. The van der Waals surface area contributed by atoms with Crippen LogP contribution < -0.4 is 19.5 Å². The molecule has 0 unspecified atom stereocenters. The number of carbonyl (C=O) groups is 1. The monoisotopic (exact) mass is 447 g/mol. The third-order valence-corrected chi connectivity index (χ3v) is 6.78. The maximum absolute atomic E-state index is 12.6. The summed E-state index contributed by atoms with van der Waals surface area (Å²) in [6, 6.07) is 13.3. The summed E-state index contributed by atoms with van der Waals surface area (Å²) in [5, 5.41) is 2.93. The second kappa shape index (κ2) is 9.14. The van der Waals surface area contributed by atoms with Crippen LogP contribution in [0.2, 0.25) is 0 Å². The number of aromatic nitrogens is 1. The Labute approximate surface area is 178 Å². The number of ether oxygens (including phenoxy) is 2. The summed E-state index contributed by atoms with van der Waals surface area (Å²) in [4.78, 5) is 17.2. The number of benzene rings is 2. The van der Waals surface area contributed by atoms with E-state index in [1.54, 1.807) is 26.2 Å². The van der Waals surface area contributed by atoms with Gasteiger partial charge in [0.1, 0.15) is 16.4 Å². The number of nitrogens with one attached hydrogen (secondary N) is 2. The van der Waals surface area contributed by atoms with Crippen LogP contribution in [0.1, 0.15) is 20.9 Å². The molecule has 0 aliphatic heterocycles. The summed E-state index contributed by atoms with van der Waals surface area (Å²) < 4.78 is 37.9. The van der Waals surface area contributed by atoms with Crippen LogP contribution in [0.25, 0.3) is 0 Å². The zero-order valence-corrected chi connectivity index (χ0v) is 18.3. The molecular weight excluding hydrogens is 426 g/mol. The largest absolute Gasteiger partial charge is 0.497 e. The van der Waals surface area contributed by atoms with Crippen LogP contribution in [0.4, 0.5) is 5.13 Å². The second-order valence-corrected chi connectivity index (χ2v) is 8.89. The van der Waals surface area contributed by atoms with Gasteiger partial charge in [0.15, 0.2) is 5.13 Å². The Kier molecular flexibility index (Phi) is 6.58. The number of methoxy groups -OCH3 is 2. The van der Waals surface area contributed by atoms with Crippen molar-refractivity contribution in [3.05, 3.63) is 64.7 Å². The summed E-state index contributed by atoms with van der Waals surface area (Å²) in [5.41, 5.74) is 1.26. The molecule has 0 saturated heterocycles. The number of amides is 1. The highest BCUT2D eigenvalue weighted by Crippen LogP contribution is 2.26. The smallest absolute Gasteiger partial charge is 0.263 e. The summed E-state index contributed by atoms with van der Waals surface area (Å²) in [6.45, 7) is 1.92. The van der Waals surface area contributed by atoms with Gasteiger partial charge in [0, 0.05) is 12.1 Å². The zero-order valence-electron chi connectivity index (χ0n) is 16.6. The molecule has 0 bridgehead atoms. The number of aryl methyl sites for hydroxylation is 1. The lowest BCUT2D eigenvalue weighted by Crippen LogP contribution is -2.22. The van der Waals surface area contributed by atoms with Gasteiger partial charge in [0.05, 0.1) is 24.8 Å². The van der Waals surface area contributed by atoms with Crippen molar-refractivity contribution in [3.8, 4) is 11.5 Å². The lowest BCUT2D eigenvalue weighted by Gasteiger charge is -2.09. The maximum Gasteiger partial charge on any atom is 0.263 e. The average molecular weight is 448 g/mol. The van der Waals surface area contributed by atoms with Crippen molar-refractivity contribution in [1.29, 1.82) is 0 Å². The molecule has 8 nitrogen and oxygen atoms in total. The number of nitrogens with zero attached hydrogens (tertiary/aromatic N) is 1. The SMILES string of the molecule is COc1ccc(S(=O)(=O)Nc2nc(C)c(C(=O)NCc3ccccc3OC)s2)cc1. The molecule has 0 aliphatic rings. The molecule has 1 heterocycles. The molecule has 2 N–H and O–H groups in total. The van der Waals surface area contributed by atoms with Crippen molar-refractivity contribution in [2.24, 2.45) is 0 Å². The Morgan fingerprint density at radius 1 is 1.07 bits per heavy atom. The van der Waals surface area contributed by atoms with Gasteiger partial charge in [-0.3, -0.25) is 9.52 Å². The van der Waals surface area contributed by atoms with Gasteiger partial charge in [-0.25, -0.2) is 13.4 Å². The van der Waals surface area contributed by atoms with Crippen molar-refractivity contribution >= 4 is 32.4 Å². The van der Waals surface area contributed by atoms with E-state index in [2.05, 4.69) is 15.0 Å². The van der Waals surface area contributed by atoms with Crippen molar-refractivity contribution in [1.82, 2.24) is 10.3 Å². The summed E-state index contributed by atoms with van der Waals surface area (Å²) in [6.07, 6.45) is 0. The minimum atomic E-state index is -3.84. The Balaban J connectivity index is 1.71. The molecule has 3 rings (SSSR count). The van der Waals surface area contributed by atoms with Crippen LogP contribution in [0.15, 0.2) is 53.4 Å². The predicted octanol–water partition coefficient (Wildman–Crippen LogP) is 3.20. The fraction of sp³-hybridized carbons (Fsp3) is 0.200. The van der Waals surface area contributed by atoms with Gasteiger partial charge in [-0.2, -0.15) is 0 Å². The Morgan fingerprint density at radius 2 is 1.77 bits per heavy atom. The Morgan fingerprint density at radius 3 is 2.43 bits per heavy atom. The quantitative estimate of drug-likeness (QED) is 0.549. The number of rotatable bonds is 8. The van der Waals surface area contributed by atoms with E-state index in [0.29, 0.717) is 22.1 Å². The standard InChI is InChI=1S/C20H21N3O5S2/c1-13-18(19(24)21-12-14-6-4-5-7-17(14)28-3)29-20(22-13)23-30(25,26)16-10-8-15(27-2)9-11-16/h4-11H,12H2,1-3H3,(H,21,24)(H,22,23). The first-order valence-electron chi connectivity index (χ1n) is 8.88. The van der Waals surface area contributed by atoms with Crippen LogP contribution >= 0.6 is 11.3 Å². The molecule has 0 radical (unpaired) electrons. The fourth-order valence-electron chi connectivity index (χ4n) is 2.68. The molecule has 0 fully saturated rings. The van der Waals surface area contributed by atoms with Gasteiger partial charge < -0.3 is 14.8 Å². The first kappa shape index (κ1) is 21.6. The highest BCUT2D eigenvalue weighted by molar-refractivity contribution is 7.93. The number of carbonyl (C=O) groups excluding carboxylic acids is 1. The van der Waals surface area contributed by atoms with Gasteiger partial charge in [-0.05, 0) is 37.3 Å². The first-order valence-corrected chi connectivity index (χ1v) is 11.2. The highest BCUT2D eigenvalue weighted by Gasteiger charge is 2.20. The predicted molar refractivity (Wildman–Crippen MR) is 115 cm³/mol. The normalized spacial score (nSPS) is 11.0. The average Bonchev–Trinajstić information content (AvgIpc) is 3.11. The van der Waals surface area contributed by atoms with Crippen LogP contribution in [0, 0.1) is 6.92 Å². The molecule has 0 spiro atoms. The molecule has 0 saturated carbocycles. The summed E-state index contributed by atoms with van der Waals surface area (Å²) >= 11 is 0.973. The van der Waals surface area contributed by atoms with E-state index < -0.39 is 10.0 Å². The third-order valence-electron chi connectivity index (χ3n) is 4.23. The minimum Gasteiger partial charge on any atom is -0.497 e. The second-order valence-electron chi connectivity index (χ2n) is 6.21. The van der Waals surface area contributed by atoms with Gasteiger partial charge in [-0.1, -0.05) is 29.5 Å². The Hall–Kier alpha value is -3.11. The summed E-state index contributed by atoms with van der Waals surface area (Å²) in [7, 11) is -0.772. The number of hydrogen-bond donors (Lipinski definition) is 2. The highest BCUT2D eigenvalue weighted by atomic mass is 32.2. The lowest BCUT2D eigenvalue weighted by molar-refractivity contribution is 0.0954. The van der Waals surface area contributed by atoms with E-state index in [0.717, 1.165) is 16.9 Å². The maximum atomic E-state index is 12.6. The first-order chi connectivity index (χ1) is 14.3. The van der Waals surface area contributed by atoms with Crippen molar-refractivity contribution in [2.45, 2.75) is 18.4 Å². The molecular formula is C20H21N3O5S2. The van der Waals surface area contributed by atoms with Crippen LogP contribution in [0.3, 0.4) is 0 Å². The van der Waals surface area contributed by atoms with Crippen molar-refractivity contribution < 1.29 is 22.7 Å². The number of sulfonamides is 1. The molecule has 1 amide bonds. The number of anilines is 1. The van der Waals surface area contributed by atoms with Crippen molar-refractivity contribution in [2.75, 3.05) is 18.9 Å². The van der Waals surface area contributed by atoms with E-state index in [1.807, 2.05) is 24.3 Å².